The van der Waals surface area contributed by atoms with Crippen molar-refractivity contribution in [2.45, 2.75) is 19.3 Å². The Kier molecular flexibility index (Phi) is 3.52. The van der Waals surface area contributed by atoms with Gasteiger partial charge in [-0.3, -0.25) is 4.79 Å². The molecular weight excluding hydrogens is 152 g/mol. The zero-order valence-corrected chi connectivity index (χ0v) is 6.16. The first-order valence-corrected chi connectivity index (χ1v) is 3.18. The second-order valence-electron chi connectivity index (χ2n) is 1.97. The molecule has 0 aliphatic carbocycles. The first kappa shape index (κ1) is 9.89. The Morgan fingerprint density at radius 1 is 1.73 bits per heavy atom. The molecule has 0 aromatic carbocycles. The van der Waals surface area contributed by atoms with Gasteiger partial charge in [0.05, 0.1) is 0 Å². The highest BCUT2D eigenvalue weighted by Gasteiger charge is 2.35. The molecule has 0 rings (SSSR count). The standard InChI is InChI=1S/C7H9F2NO/c1-3-5-10-6(11)7(8,9)4-2/h2H,3,5H2,1H3,(H,10,11). The minimum Gasteiger partial charge on any atom is -0.350 e. The van der Waals surface area contributed by atoms with Gasteiger partial charge in [-0.1, -0.05) is 6.92 Å². The van der Waals surface area contributed by atoms with Crippen LogP contribution in [0.25, 0.3) is 0 Å². The summed E-state index contributed by atoms with van der Waals surface area (Å²) in [6.45, 7) is 1.98. The Bertz CT molecular complexity index is 183. The predicted octanol–water partition coefficient (Wildman–Crippen LogP) is 0.781. The second kappa shape index (κ2) is 3.91. The molecular formula is C7H9F2NO. The van der Waals surface area contributed by atoms with Gasteiger partial charge in [0.15, 0.2) is 0 Å². The molecule has 0 spiro atoms. The number of amides is 1. The largest absolute Gasteiger partial charge is 0.384 e. The summed E-state index contributed by atoms with van der Waals surface area (Å²) in [6, 6.07) is 0. The molecule has 0 atom stereocenters. The van der Waals surface area contributed by atoms with E-state index in [4.69, 9.17) is 0 Å². The summed E-state index contributed by atoms with van der Waals surface area (Å²) in [6.07, 6.45) is 5.02. The molecule has 1 N–H and O–H groups in total. The van der Waals surface area contributed by atoms with E-state index < -0.39 is 11.8 Å². The van der Waals surface area contributed by atoms with Gasteiger partial charge in [0.1, 0.15) is 0 Å². The first-order chi connectivity index (χ1) is 5.04. The van der Waals surface area contributed by atoms with Crippen molar-refractivity contribution >= 4 is 5.91 Å². The molecule has 4 heteroatoms. The fraction of sp³-hybridized carbons (Fsp3) is 0.571. The lowest BCUT2D eigenvalue weighted by Crippen LogP contribution is -2.39. The molecule has 62 valence electrons. The lowest BCUT2D eigenvalue weighted by atomic mass is 10.3. The van der Waals surface area contributed by atoms with Crippen LogP contribution in [0.3, 0.4) is 0 Å². The lowest BCUT2D eigenvalue weighted by Gasteiger charge is -2.08. The number of nitrogens with one attached hydrogen (secondary N) is 1. The van der Waals surface area contributed by atoms with Crippen LogP contribution < -0.4 is 5.32 Å². The Labute approximate surface area is 64.0 Å². The maximum absolute atomic E-state index is 12.2. The molecule has 0 heterocycles. The van der Waals surface area contributed by atoms with Gasteiger partial charge in [-0.15, -0.1) is 6.42 Å². The van der Waals surface area contributed by atoms with Crippen molar-refractivity contribution in [2.24, 2.45) is 0 Å². The third-order valence-corrected chi connectivity index (χ3v) is 1.00. The Balaban J connectivity index is 3.95. The molecule has 0 saturated heterocycles. The van der Waals surface area contributed by atoms with Crippen molar-refractivity contribution < 1.29 is 13.6 Å². The summed E-state index contributed by atoms with van der Waals surface area (Å²) in [4.78, 5) is 10.5. The smallest absolute Gasteiger partial charge is 0.350 e. The number of hydrogen-bond acceptors (Lipinski definition) is 1. The van der Waals surface area contributed by atoms with Gasteiger partial charge in [0.2, 0.25) is 0 Å². The zero-order chi connectivity index (χ0) is 8.91. The summed E-state index contributed by atoms with van der Waals surface area (Å²) in [7, 11) is 0. The van der Waals surface area contributed by atoms with E-state index >= 15 is 0 Å². The van der Waals surface area contributed by atoms with E-state index in [0.29, 0.717) is 6.42 Å². The number of carbonyl (C=O) groups is 1. The van der Waals surface area contributed by atoms with Crippen LogP contribution in [0.5, 0.6) is 0 Å². The van der Waals surface area contributed by atoms with E-state index in [-0.39, 0.29) is 6.54 Å². The molecule has 0 radical (unpaired) electrons. The maximum atomic E-state index is 12.2. The summed E-state index contributed by atoms with van der Waals surface area (Å²) in [5.41, 5.74) is 0. The number of terminal acetylenes is 1. The molecule has 0 unspecified atom stereocenters. The zero-order valence-electron chi connectivity index (χ0n) is 6.16. The van der Waals surface area contributed by atoms with Gasteiger partial charge < -0.3 is 5.32 Å². The normalized spacial score (nSPS) is 10.4. The van der Waals surface area contributed by atoms with E-state index in [9.17, 15) is 13.6 Å². The van der Waals surface area contributed by atoms with Crippen molar-refractivity contribution in [1.82, 2.24) is 5.32 Å². The lowest BCUT2D eigenvalue weighted by molar-refractivity contribution is -0.138. The van der Waals surface area contributed by atoms with Gasteiger partial charge in [-0.05, 0) is 12.3 Å². The third-order valence-electron chi connectivity index (χ3n) is 1.00. The Morgan fingerprint density at radius 2 is 2.27 bits per heavy atom. The molecule has 0 aromatic heterocycles. The number of carbonyl (C=O) groups excluding carboxylic acids is 1. The molecule has 2 nitrogen and oxygen atoms in total. The van der Waals surface area contributed by atoms with E-state index in [0.717, 1.165) is 5.92 Å². The van der Waals surface area contributed by atoms with Crippen molar-refractivity contribution in [1.29, 1.82) is 0 Å². The minimum absolute atomic E-state index is 0.218. The highest BCUT2D eigenvalue weighted by Crippen LogP contribution is 2.10. The Morgan fingerprint density at radius 3 is 2.64 bits per heavy atom. The number of halogens is 2. The van der Waals surface area contributed by atoms with Gasteiger partial charge >= 0.3 is 11.8 Å². The average Bonchev–Trinajstić information content (AvgIpc) is 2.00. The Hall–Kier alpha value is -1.11. The molecule has 11 heavy (non-hydrogen) atoms. The number of rotatable bonds is 3. The minimum atomic E-state index is -3.67. The van der Waals surface area contributed by atoms with E-state index in [1.807, 2.05) is 5.32 Å². The topological polar surface area (TPSA) is 29.1 Å². The van der Waals surface area contributed by atoms with Crippen LogP contribution in [0.4, 0.5) is 8.78 Å². The molecule has 0 bridgehead atoms. The first-order valence-electron chi connectivity index (χ1n) is 3.18. The van der Waals surface area contributed by atoms with E-state index in [1.165, 1.54) is 0 Å². The highest BCUT2D eigenvalue weighted by atomic mass is 19.3. The summed E-state index contributed by atoms with van der Waals surface area (Å²) in [5, 5.41) is 1.99. The SMILES string of the molecule is C#CC(F)(F)C(=O)NCCC. The fourth-order valence-corrected chi connectivity index (χ4v) is 0.415. The van der Waals surface area contributed by atoms with Crippen LogP contribution in [-0.2, 0) is 4.79 Å². The maximum Gasteiger partial charge on any atom is 0.384 e. The third kappa shape index (κ3) is 2.99. The van der Waals surface area contributed by atoms with Gasteiger partial charge in [0.25, 0.3) is 0 Å². The van der Waals surface area contributed by atoms with Crippen molar-refractivity contribution in [3.05, 3.63) is 0 Å². The molecule has 0 aliphatic heterocycles. The van der Waals surface area contributed by atoms with Crippen molar-refractivity contribution in [2.75, 3.05) is 6.54 Å². The van der Waals surface area contributed by atoms with E-state index in [2.05, 4.69) is 6.42 Å². The number of hydrogen-bond donors (Lipinski definition) is 1. The predicted molar refractivity (Wildman–Crippen MR) is 37.1 cm³/mol. The highest BCUT2D eigenvalue weighted by molar-refractivity contribution is 5.86. The van der Waals surface area contributed by atoms with Gasteiger partial charge in [-0.2, -0.15) is 8.78 Å². The molecule has 0 fully saturated rings. The van der Waals surface area contributed by atoms with Crippen LogP contribution in [0.1, 0.15) is 13.3 Å². The van der Waals surface area contributed by atoms with Crippen LogP contribution in [-0.4, -0.2) is 18.4 Å². The van der Waals surface area contributed by atoms with Crippen molar-refractivity contribution in [3.8, 4) is 12.3 Å². The summed E-state index contributed by atoms with van der Waals surface area (Å²) < 4.78 is 24.4. The molecule has 0 aliphatic rings. The summed E-state index contributed by atoms with van der Waals surface area (Å²) in [5.74, 6) is -3.97. The second-order valence-corrected chi connectivity index (χ2v) is 1.97. The molecule has 1 amide bonds. The monoisotopic (exact) mass is 161 g/mol. The van der Waals surface area contributed by atoms with Crippen LogP contribution in [0.2, 0.25) is 0 Å². The summed E-state index contributed by atoms with van der Waals surface area (Å²) >= 11 is 0. The quantitative estimate of drug-likeness (QED) is 0.609. The fourth-order valence-electron chi connectivity index (χ4n) is 0.415. The average molecular weight is 161 g/mol. The van der Waals surface area contributed by atoms with Crippen LogP contribution >= 0.6 is 0 Å². The van der Waals surface area contributed by atoms with Crippen LogP contribution in [0, 0.1) is 12.3 Å². The van der Waals surface area contributed by atoms with Gasteiger partial charge in [0, 0.05) is 6.54 Å². The molecule has 0 saturated carbocycles. The number of alkyl halides is 2. The van der Waals surface area contributed by atoms with Gasteiger partial charge in [-0.25, -0.2) is 0 Å². The van der Waals surface area contributed by atoms with E-state index in [1.54, 1.807) is 6.92 Å². The molecule has 0 aromatic rings. The van der Waals surface area contributed by atoms with Crippen molar-refractivity contribution in [3.63, 3.8) is 0 Å². The van der Waals surface area contributed by atoms with Crippen LogP contribution in [0.15, 0.2) is 0 Å².